The zero-order valence-corrected chi connectivity index (χ0v) is 20.7. The molecule has 32 heavy (non-hydrogen) atoms. The van der Waals surface area contributed by atoms with Crippen LogP contribution in [0, 0.1) is 0 Å². The third-order valence-electron chi connectivity index (χ3n) is 5.36. The van der Waals surface area contributed by atoms with Gasteiger partial charge in [0.1, 0.15) is 0 Å². The maximum atomic E-state index is 12.5. The van der Waals surface area contributed by atoms with Gasteiger partial charge in [0.25, 0.3) is 0 Å². The van der Waals surface area contributed by atoms with Gasteiger partial charge in [-0.15, -0.1) is 0 Å². The molecule has 0 N–H and O–H groups in total. The number of esters is 2. The van der Waals surface area contributed by atoms with Crippen molar-refractivity contribution in [2.24, 2.45) is 0 Å². The molecule has 0 saturated carbocycles. The first kappa shape index (κ1) is 26.1. The van der Waals surface area contributed by atoms with Crippen LogP contribution < -0.4 is 0 Å². The minimum absolute atomic E-state index is 0.247. The van der Waals surface area contributed by atoms with Gasteiger partial charge in [-0.2, -0.15) is 0 Å². The molecule has 5 heteroatoms. The van der Waals surface area contributed by atoms with Crippen molar-refractivity contribution in [1.29, 1.82) is 0 Å². The highest BCUT2D eigenvalue weighted by molar-refractivity contribution is 9.10. The van der Waals surface area contributed by atoms with Crippen LogP contribution in [0.25, 0.3) is 0 Å². The fourth-order valence-corrected chi connectivity index (χ4v) is 3.97. The number of rotatable bonds is 15. The predicted molar refractivity (Wildman–Crippen MR) is 132 cm³/mol. The quantitative estimate of drug-likeness (QED) is 0.186. The van der Waals surface area contributed by atoms with E-state index in [0.717, 1.165) is 22.9 Å². The molecule has 4 nitrogen and oxygen atoms in total. The van der Waals surface area contributed by atoms with E-state index < -0.39 is 11.9 Å². The van der Waals surface area contributed by atoms with E-state index in [1.807, 2.05) is 24.3 Å². The van der Waals surface area contributed by atoms with E-state index in [-0.39, 0.29) is 17.7 Å². The van der Waals surface area contributed by atoms with Crippen LogP contribution in [0.4, 0.5) is 0 Å². The zero-order valence-electron chi connectivity index (χ0n) is 19.1. The normalized spacial score (nSPS) is 10.7. The number of ether oxygens (including phenoxy) is 2. The van der Waals surface area contributed by atoms with E-state index >= 15 is 0 Å². The number of hydrogen-bond donors (Lipinski definition) is 0. The summed E-state index contributed by atoms with van der Waals surface area (Å²) in [5, 5.41) is 0. The lowest BCUT2D eigenvalue weighted by Crippen LogP contribution is -2.15. The smallest absolute Gasteiger partial charge is 0.339 e. The van der Waals surface area contributed by atoms with Crippen molar-refractivity contribution >= 4 is 27.9 Å². The lowest BCUT2D eigenvalue weighted by Gasteiger charge is -2.10. The molecule has 0 radical (unpaired) electrons. The molecule has 0 fully saturated rings. The number of halogens is 1. The Balaban J connectivity index is 1.70. The second-order valence-corrected chi connectivity index (χ2v) is 8.94. The lowest BCUT2D eigenvalue weighted by atomic mass is 10.1. The van der Waals surface area contributed by atoms with Gasteiger partial charge in [-0.1, -0.05) is 98.5 Å². The molecule has 0 aliphatic rings. The average molecular weight is 503 g/mol. The van der Waals surface area contributed by atoms with Gasteiger partial charge >= 0.3 is 11.9 Å². The summed E-state index contributed by atoms with van der Waals surface area (Å²) in [6.45, 7) is 2.85. The average Bonchev–Trinajstić information content (AvgIpc) is 2.80. The van der Waals surface area contributed by atoms with E-state index in [4.69, 9.17) is 9.47 Å². The van der Waals surface area contributed by atoms with Gasteiger partial charge < -0.3 is 9.47 Å². The molecule has 2 aromatic rings. The molecule has 0 atom stereocenters. The molecule has 0 spiro atoms. The van der Waals surface area contributed by atoms with Crippen LogP contribution in [0.3, 0.4) is 0 Å². The Kier molecular flexibility index (Phi) is 12.8. The highest BCUT2D eigenvalue weighted by Crippen LogP contribution is 2.15. The molecule has 0 heterocycles. The maximum absolute atomic E-state index is 12.5. The lowest BCUT2D eigenvalue weighted by molar-refractivity contribution is 0.0455. The van der Waals surface area contributed by atoms with Gasteiger partial charge in [0.2, 0.25) is 0 Å². The molecule has 2 rings (SSSR count). The number of carbonyl (C=O) groups excluding carboxylic acids is 2. The monoisotopic (exact) mass is 502 g/mol. The first-order valence-electron chi connectivity index (χ1n) is 11.8. The molecule has 0 aliphatic carbocycles. The second-order valence-electron chi connectivity index (χ2n) is 8.03. The topological polar surface area (TPSA) is 52.6 Å². The molecule has 0 amide bonds. The zero-order chi connectivity index (χ0) is 23.0. The molecule has 0 aliphatic heterocycles. The Morgan fingerprint density at radius 2 is 1.28 bits per heavy atom. The van der Waals surface area contributed by atoms with Crippen molar-refractivity contribution in [2.75, 3.05) is 13.2 Å². The Hall–Kier alpha value is -2.14. The van der Waals surface area contributed by atoms with Gasteiger partial charge in [0, 0.05) is 10.9 Å². The summed E-state index contributed by atoms with van der Waals surface area (Å²) in [5.41, 5.74) is 1.58. The summed E-state index contributed by atoms with van der Waals surface area (Å²) < 4.78 is 11.8. The minimum atomic E-state index is -0.504. The maximum Gasteiger partial charge on any atom is 0.339 e. The number of unbranched alkanes of at least 4 members (excludes halogenated alkanes) is 8. The van der Waals surface area contributed by atoms with Crippen LogP contribution in [0.1, 0.15) is 91.0 Å². The van der Waals surface area contributed by atoms with Crippen molar-refractivity contribution in [1.82, 2.24) is 0 Å². The largest absolute Gasteiger partial charge is 0.462 e. The minimum Gasteiger partial charge on any atom is -0.462 e. The van der Waals surface area contributed by atoms with Crippen LogP contribution >= 0.6 is 15.9 Å². The predicted octanol–water partition coefficient (Wildman–Crippen LogP) is 7.54. The Labute approximate surface area is 200 Å². The van der Waals surface area contributed by atoms with Crippen LogP contribution in [0.2, 0.25) is 0 Å². The second kappa shape index (κ2) is 15.6. The van der Waals surface area contributed by atoms with Gasteiger partial charge in [-0.3, -0.25) is 0 Å². The fraction of sp³-hybridized carbons (Fsp3) is 0.481. The van der Waals surface area contributed by atoms with Crippen molar-refractivity contribution in [3.05, 3.63) is 69.7 Å². The molecule has 0 bridgehead atoms. The first-order chi connectivity index (χ1) is 15.6. The molecule has 0 saturated heterocycles. The van der Waals surface area contributed by atoms with Crippen LogP contribution in [-0.4, -0.2) is 25.2 Å². The summed E-state index contributed by atoms with van der Waals surface area (Å²) in [6.07, 6.45) is 11.5. The van der Waals surface area contributed by atoms with Crippen LogP contribution in [-0.2, 0) is 15.9 Å². The summed E-state index contributed by atoms with van der Waals surface area (Å²) in [6, 6.07) is 14.5. The Bertz CT molecular complexity index is 834. The van der Waals surface area contributed by atoms with Gasteiger partial charge in [0.15, 0.2) is 0 Å². The van der Waals surface area contributed by atoms with E-state index in [1.165, 1.54) is 44.9 Å². The molecule has 174 valence electrons. The summed E-state index contributed by atoms with van der Waals surface area (Å²) in [5.74, 6) is -0.972. The molecule has 0 aromatic heterocycles. The van der Waals surface area contributed by atoms with E-state index in [9.17, 15) is 9.59 Å². The highest BCUT2D eigenvalue weighted by Gasteiger charge is 2.18. The summed E-state index contributed by atoms with van der Waals surface area (Å²) >= 11 is 3.44. The van der Waals surface area contributed by atoms with E-state index in [2.05, 4.69) is 22.9 Å². The third-order valence-corrected chi connectivity index (χ3v) is 5.85. The summed E-state index contributed by atoms with van der Waals surface area (Å²) in [7, 11) is 0. The third kappa shape index (κ3) is 9.99. The summed E-state index contributed by atoms with van der Waals surface area (Å²) in [4.78, 5) is 25.0. The van der Waals surface area contributed by atoms with Crippen molar-refractivity contribution in [3.8, 4) is 0 Å². The SMILES string of the molecule is CCCCCCCCCCCOC(=O)c1ccccc1C(=O)OCCc1cccc(Br)c1. The van der Waals surface area contributed by atoms with Crippen molar-refractivity contribution < 1.29 is 19.1 Å². The molecule has 2 aromatic carbocycles. The Morgan fingerprint density at radius 3 is 1.88 bits per heavy atom. The number of benzene rings is 2. The standard InChI is InChI=1S/C27H35BrO4/c1-2-3-4-5-6-7-8-9-12-19-31-26(29)24-16-10-11-17-25(24)27(30)32-20-18-22-14-13-15-23(28)21-22/h10-11,13-17,21H,2-9,12,18-20H2,1H3. The van der Waals surface area contributed by atoms with Crippen molar-refractivity contribution in [2.45, 2.75) is 71.1 Å². The van der Waals surface area contributed by atoms with Crippen molar-refractivity contribution in [3.63, 3.8) is 0 Å². The van der Waals surface area contributed by atoms with Gasteiger partial charge in [0.05, 0.1) is 24.3 Å². The van der Waals surface area contributed by atoms with Crippen LogP contribution in [0.15, 0.2) is 53.0 Å². The molecular formula is C27H35BrO4. The van der Waals surface area contributed by atoms with E-state index in [1.54, 1.807) is 24.3 Å². The molecule has 0 unspecified atom stereocenters. The number of carbonyl (C=O) groups is 2. The van der Waals surface area contributed by atoms with Gasteiger partial charge in [-0.05, 0) is 36.2 Å². The van der Waals surface area contributed by atoms with E-state index in [0.29, 0.717) is 13.0 Å². The molecular weight excluding hydrogens is 468 g/mol. The highest BCUT2D eigenvalue weighted by atomic mass is 79.9. The van der Waals surface area contributed by atoms with Gasteiger partial charge in [-0.25, -0.2) is 9.59 Å². The number of hydrogen-bond acceptors (Lipinski definition) is 4. The fourth-order valence-electron chi connectivity index (χ4n) is 3.53. The Morgan fingerprint density at radius 1 is 0.719 bits per heavy atom. The van der Waals surface area contributed by atoms with Crippen LogP contribution in [0.5, 0.6) is 0 Å². The first-order valence-corrected chi connectivity index (χ1v) is 12.6.